The van der Waals surface area contributed by atoms with Crippen LogP contribution in [0.25, 0.3) is 6.08 Å². The molecule has 8 nitrogen and oxygen atoms in total. The molecule has 0 saturated heterocycles. The molecule has 1 aromatic carbocycles. The SMILES string of the molecule is CCOc1cc(/C=C(\C#N)C(=O)Nc2nccs2)ccc1O[C@H](C)C(=O)N(C)C. The normalized spacial score (nSPS) is 11.9. The molecule has 0 aliphatic heterocycles. The number of anilines is 1. The van der Waals surface area contributed by atoms with Gasteiger partial charge in [0.05, 0.1) is 6.61 Å². The maximum absolute atomic E-state index is 12.3. The van der Waals surface area contributed by atoms with Gasteiger partial charge < -0.3 is 14.4 Å². The van der Waals surface area contributed by atoms with Crippen LogP contribution in [0.3, 0.4) is 0 Å². The maximum Gasteiger partial charge on any atom is 0.268 e. The largest absolute Gasteiger partial charge is 0.490 e. The fourth-order valence-electron chi connectivity index (χ4n) is 2.35. The molecule has 0 radical (unpaired) electrons. The molecule has 1 atom stereocenters. The molecule has 0 saturated carbocycles. The Morgan fingerprint density at radius 2 is 2.14 bits per heavy atom. The molecule has 0 aliphatic rings. The number of benzene rings is 1. The lowest BCUT2D eigenvalue weighted by Crippen LogP contribution is -2.35. The number of rotatable bonds is 8. The molecule has 2 rings (SSSR count). The lowest BCUT2D eigenvalue weighted by atomic mass is 10.1. The van der Waals surface area contributed by atoms with Gasteiger partial charge in [-0.15, -0.1) is 11.3 Å². The van der Waals surface area contributed by atoms with Gasteiger partial charge in [0.15, 0.2) is 22.7 Å². The van der Waals surface area contributed by atoms with Crippen molar-refractivity contribution in [1.82, 2.24) is 9.88 Å². The second-order valence-corrected chi connectivity index (χ2v) is 6.99. The van der Waals surface area contributed by atoms with Crippen LogP contribution in [-0.4, -0.2) is 48.5 Å². The molecule has 0 unspecified atom stereocenters. The highest BCUT2D eigenvalue weighted by Gasteiger charge is 2.19. The number of aromatic nitrogens is 1. The van der Waals surface area contributed by atoms with Crippen LogP contribution in [0.5, 0.6) is 11.5 Å². The zero-order chi connectivity index (χ0) is 21.4. The molecule has 0 fully saturated rings. The second kappa shape index (κ2) is 10.2. The molecule has 1 heterocycles. The summed E-state index contributed by atoms with van der Waals surface area (Å²) in [4.78, 5) is 29.7. The van der Waals surface area contributed by atoms with E-state index in [4.69, 9.17) is 9.47 Å². The van der Waals surface area contributed by atoms with E-state index in [1.54, 1.807) is 50.8 Å². The van der Waals surface area contributed by atoms with Crippen molar-refractivity contribution in [2.75, 3.05) is 26.0 Å². The third kappa shape index (κ3) is 6.05. The number of hydrogen-bond donors (Lipinski definition) is 1. The van der Waals surface area contributed by atoms with E-state index in [2.05, 4.69) is 10.3 Å². The number of thiazole rings is 1. The van der Waals surface area contributed by atoms with Gasteiger partial charge in [0, 0.05) is 25.7 Å². The van der Waals surface area contributed by atoms with Gasteiger partial charge in [-0.05, 0) is 37.6 Å². The van der Waals surface area contributed by atoms with Gasteiger partial charge in [0.2, 0.25) is 0 Å². The molecule has 29 heavy (non-hydrogen) atoms. The quantitative estimate of drug-likeness (QED) is 0.526. The van der Waals surface area contributed by atoms with Gasteiger partial charge in [-0.1, -0.05) is 6.07 Å². The summed E-state index contributed by atoms with van der Waals surface area (Å²) in [5.74, 6) is 0.0858. The highest BCUT2D eigenvalue weighted by atomic mass is 32.1. The van der Waals surface area contributed by atoms with E-state index in [0.29, 0.717) is 28.8 Å². The fourth-order valence-corrected chi connectivity index (χ4v) is 2.87. The van der Waals surface area contributed by atoms with Crippen LogP contribution < -0.4 is 14.8 Å². The van der Waals surface area contributed by atoms with Crippen LogP contribution in [-0.2, 0) is 9.59 Å². The van der Waals surface area contributed by atoms with Crippen LogP contribution >= 0.6 is 11.3 Å². The van der Waals surface area contributed by atoms with E-state index in [1.165, 1.54) is 22.3 Å². The molecule has 152 valence electrons. The van der Waals surface area contributed by atoms with Crippen LogP contribution in [0.15, 0.2) is 35.3 Å². The minimum Gasteiger partial charge on any atom is -0.490 e. The molecule has 2 aromatic rings. The Balaban J connectivity index is 2.25. The Hall–Kier alpha value is -3.38. The van der Waals surface area contributed by atoms with Crippen molar-refractivity contribution in [2.45, 2.75) is 20.0 Å². The van der Waals surface area contributed by atoms with E-state index >= 15 is 0 Å². The van der Waals surface area contributed by atoms with Crippen molar-refractivity contribution in [3.63, 3.8) is 0 Å². The van der Waals surface area contributed by atoms with Crippen molar-refractivity contribution < 1.29 is 19.1 Å². The molecule has 2 amide bonds. The molecule has 9 heteroatoms. The lowest BCUT2D eigenvalue weighted by Gasteiger charge is -2.20. The van der Waals surface area contributed by atoms with Crippen molar-refractivity contribution >= 4 is 34.4 Å². The summed E-state index contributed by atoms with van der Waals surface area (Å²) in [6.45, 7) is 3.86. The Labute approximate surface area is 173 Å². The summed E-state index contributed by atoms with van der Waals surface area (Å²) >= 11 is 1.26. The molecule has 1 N–H and O–H groups in total. The Kier molecular flexibility index (Phi) is 7.74. The molecule has 0 spiro atoms. The zero-order valence-electron chi connectivity index (χ0n) is 16.6. The van der Waals surface area contributed by atoms with Gasteiger partial charge in [0.1, 0.15) is 11.6 Å². The van der Waals surface area contributed by atoms with Crippen molar-refractivity contribution in [3.8, 4) is 17.6 Å². The van der Waals surface area contributed by atoms with E-state index in [1.807, 2.05) is 13.0 Å². The predicted molar refractivity (Wildman–Crippen MR) is 111 cm³/mol. The Morgan fingerprint density at radius 1 is 1.38 bits per heavy atom. The van der Waals surface area contributed by atoms with E-state index in [9.17, 15) is 14.9 Å². The van der Waals surface area contributed by atoms with Crippen molar-refractivity contribution in [1.29, 1.82) is 5.26 Å². The van der Waals surface area contributed by atoms with Gasteiger partial charge in [0.25, 0.3) is 11.8 Å². The second-order valence-electron chi connectivity index (χ2n) is 6.09. The number of amides is 2. The first kappa shape index (κ1) is 21.9. The summed E-state index contributed by atoms with van der Waals surface area (Å²) in [7, 11) is 3.30. The van der Waals surface area contributed by atoms with Crippen LogP contribution in [0.4, 0.5) is 5.13 Å². The summed E-state index contributed by atoms with van der Waals surface area (Å²) in [5.41, 5.74) is 0.505. The fraction of sp³-hybridized carbons (Fsp3) is 0.300. The number of ether oxygens (including phenoxy) is 2. The first-order chi connectivity index (χ1) is 13.8. The highest BCUT2D eigenvalue weighted by Crippen LogP contribution is 2.30. The summed E-state index contributed by atoms with van der Waals surface area (Å²) in [6, 6.07) is 6.87. The summed E-state index contributed by atoms with van der Waals surface area (Å²) in [5, 5.41) is 14.1. The van der Waals surface area contributed by atoms with Crippen LogP contribution in [0, 0.1) is 11.3 Å². The van der Waals surface area contributed by atoms with Gasteiger partial charge in [-0.2, -0.15) is 5.26 Å². The smallest absolute Gasteiger partial charge is 0.268 e. The lowest BCUT2D eigenvalue weighted by molar-refractivity contribution is -0.135. The third-order valence-electron chi connectivity index (χ3n) is 3.69. The minimum absolute atomic E-state index is 0.0764. The molecular formula is C20H22N4O4S. The number of nitrogens with zero attached hydrogens (tertiary/aromatic N) is 3. The van der Waals surface area contributed by atoms with Gasteiger partial charge >= 0.3 is 0 Å². The van der Waals surface area contributed by atoms with Crippen molar-refractivity contribution in [2.24, 2.45) is 0 Å². The number of nitrogens with one attached hydrogen (secondary N) is 1. The molecule has 0 bridgehead atoms. The number of carbonyl (C=O) groups is 2. The van der Waals surface area contributed by atoms with Gasteiger partial charge in [-0.25, -0.2) is 4.98 Å². The number of hydrogen-bond acceptors (Lipinski definition) is 7. The maximum atomic E-state index is 12.3. The highest BCUT2D eigenvalue weighted by molar-refractivity contribution is 7.13. The first-order valence-corrected chi connectivity index (χ1v) is 9.71. The number of nitriles is 1. The topological polar surface area (TPSA) is 105 Å². The van der Waals surface area contributed by atoms with Crippen LogP contribution in [0.1, 0.15) is 19.4 Å². The summed E-state index contributed by atoms with van der Waals surface area (Å²) < 4.78 is 11.3. The predicted octanol–water partition coefficient (Wildman–Crippen LogP) is 2.94. The van der Waals surface area contributed by atoms with E-state index < -0.39 is 12.0 Å². The number of likely N-dealkylation sites (N-methyl/N-ethyl adjacent to an activating group) is 1. The Morgan fingerprint density at radius 3 is 2.72 bits per heavy atom. The van der Waals surface area contributed by atoms with E-state index in [-0.39, 0.29) is 11.5 Å². The molecular weight excluding hydrogens is 392 g/mol. The standard InChI is InChI=1S/C20H22N4O4S/c1-5-27-17-11-14(6-7-16(17)28-13(2)19(26)24(3)4)10-15(12-21)18(25)23-20-22-8-9-29-20/h6-11,13H,5H2,1-4H3,(H,22,23,25)/b15-10+/t13-/m1/s1. The van der Waals surface area contributed by atoms with Gasteiger partial charge in [-0.3, -0.25) is 14.9 Å². The molecule has 0 aliphatic carbocycles. The molecule has 1 aromatic heterocycles. The zero-order valence-corrected chi connectivity index (χ0v) is 17.4. The minimum atomic E-state index is -0.690. The third-order valence-corrected chi connectivity index (χ3v) is 4.38. The average molecular weight is 414 g/mol. The summed E-state index contributed by atoms with van der Waals surface area (Å²) in [6.07, 6.45) is 2.32. The van der Waals surface area contributed by atoms with Crippen molar-refractivity contribution in [3.05, 3.63) is 40.9 Å². The monoisotopic (exact) mass is 414 g/mol. The Bertz CT molecular complexity index is 932. The van der Waals surface area contributed by atoms with Crippen LogP contribution in [0.2, 0.25) is 0 Å². The first-order valence-electron chi connectivity index (χ1n) is 8.83. The average Bonchev–Trinajstić information content (AvgIpc) is 3.20. The number of carbonyl (C=O) groups excluding carboxylic acids is 2. The van der Waals surface area contributed by atoms with E-state index in [0.717, 1.165) is 0 Å².